The molecule has 0 amide bonds. The van der Waals surface area contributed by atoms with Crippen molar-refractivity contribution in [3.8, 4) is 0 Å². The monoisotopic (exact) mass is 335 g/mol. The Kier molecular flexibility index (Phi) is 4.63. The van der Waals surface area contributed by atoms with Gasteiger partial charge in [0.1, 0.15) is 11.9 Å². The highest BCUT2D eigenvalue weighted by Crippen LogP contribution is 2.35. The minimum Gasteiger partial charge on any atom is -0.378 e. The van der Waals surface area contributed by atoms with Crippen LogP contribution in [0.15, 0.2) is 24.4 Å². The fourth-order valence-corrected chi connectivity index (χ4v) is 3.12. The van der Waals surface area contributed by atoms with E-state index in [9.17, 15) is 10.1 Å². The molecule has 1 aromatic carbocycles. The third kappa shape index (κ3) is 3.38. The van der Waals surface area contributed by atoms with E-state index >= 15 is 0 Å². The van der Waals surface area contributed by atoms with E-state index in [2.05, 4.69) is 17.2 Å². The van der Waals surface area contributed by atoms with Gasteiger partial charge >= 0.3 is 5.69 Å². The van der Waals surface area contributed by atoms with Gasteiger partial charge in [-0.15, -0.1) is 0 Å². The van der Waals surface area contributed by atoms with Crippen molar-refractivity contribution >= 4 is 33.9 Å². The summed E-state index contributed by atoms with van der Waals surface area (Å²) in [4.78, 5) is 15.1. The van der Waals surface area contributed by atoms with Crippen LogP contribution in [0, 0.1) is 10.1 Å². The van der Waals surface area contributed by atoms with E-state index in [1.807, 2.05) is 0 Å². The number of nitrogens with zero attached hydrogens (tertiary/aromatic N) is 2. The Morgan fingerprint density at radius 3 is 3.09 bits per heavy atom. The maximum atomic E-state index is 11.4. The molecule has 2 heterocycles. The summed E-state index contributed by atoms with van der Waals surface area (Å²) >= 11 is 6.07. The number of hydrogen-bond acceptors (Lipinski definition) is 5. The van der Waals surface area contributed by atoms with E-state index in [1.54, 1.807) is 18.2 Å². The molecule has 122 valence electrons. The lowest BCUT2D eigenvalue weighted by atomic mass is 10.0. The van der Waals surface area contributed by atoms with Crippen molar-refractivity contribution in [1.29, 1.82) is 0 Å². The number of benzene rings is 1. The molecule has 0 aliphatic carbocycles. The molecule has 0 saturated carbocycles. The Morgan fingerprint density at radius 2 is 2.35 bits per heavy atom. The minimum absolute atomic E-state index is 0.0284. The van der Waals surface area contributed by atoms with Gasteiger partial charge in [0.15, 0.2) is 0 Å². The summed E-state index contributed by atoms with van der Waals surface area (Å²) in [5, 5.41) is 15.9. The first-order valence-corrected chi connectivity index (χ1v) is 8.07. The zero-order valence-electron chi connectivity index (χ0n) is 12.8. The SMILES string of the molecule is CC[C@@H]1C[C@H](Nc2c([N+](=O)[O-])cnc3ccc(Cl)cc23)CCO1. The highest BCUT2D eigenvalue weighted by atomic mass is 35.5. The standard InChI is InChI=1S/C16H18ClN3O3/c1-2-12-8-11(5-6-23-12)19-16-13-7-10(17)3-4-14(13)18-9-15(16)20(21)22/h3-4,7,9,11-12H,2,5-6,8H2,1H3,(H,18,19)/t11-,12-/m1/s1. The summed E-state index contributed by atoms with van der Waals surface area (Å²) in [5.74, 6) is 0. The number of ether oxygens (including phenoxy) is 1. The van der Waals surface area contributed by atoms with Crippen LogP contribution < -0.4 is 5.32 Å². The van der Waals surface area contributed by atoms with Gasteiger partial charge in [-0.05, 0) is 37.5 Å². The number of nitro groups is 1. The smallest absolute Gasteiger partial charge is 0.311 e. The van der Waals surface area contributed by atoms with Crippen LogP contribution in [0.4, 0.5) is 11.4 Å². The molecule has 0 radical (unpaired) electrons. The average Bonchev–Trinajstić information content (AvgIpc) is 2.55. The number of hydrogen-bond donors (Lipinski definition) is 1. The molecule has 1 saturated heterocycles. The molecule has 1 aliphatic rings. The first-order valence-electron chi connectivity index (χ1n) is 7.69. The summed E-state index contributed by atoms with van der Waals surface area (Å²) < 4.78 is 5.67. The zero-order chi connectivity index (χ0) is 16.4. The Morgan fingerprint density at radius 1 is 1.52 bits per heavy atom. The number of halogens is 1. The molecule has 3 rings (SSSR count). The van der Waals surface area contributed by atoms with Crippen molar-refractivity contribution in [3.63, 3.8) is 0 Å². The maximum Gasteiger partial charge on any atom is 0.311 e. The van der Waals surface area contributed by atoms with Gasteiger partial charge < -0.3 is 10.1 Å². The van der Waals surface area contributed by atoms with Gasteiger partial charge in [-0.25, -0.2) is 4.98 Å². The summed E-state index contributed by atoms with van der Waals surface area (Å²) in [7, 11) is 0. The molecule has 0 unspecified atom stereocenters. The van der Waals surface area contributed by atoms with Crippen molar-refractivity contribution in [2.75, 3.05) is 11.9 Å². The number of pyridine rings is 1. The average molecular weight is 336 g/mol. The lowest BCUT2D eigenvalue weighted by molar-refractivity contribution is -0.384. The number of anilines is 1. The lowest BCUT2D eigenvalue weighted by Gasteiger charge is -2.30. The molecule has 0 bridgehead atoms. The lowest BCUT2D eigenvalue weighted by Crippen LogP contribution is -2.33. The van der Waals surface area contributed by atoms with Crippen LogP contribution in [-0.4, -0.2) is 28.7 Å². The predicted octanol–water partition coefficient (Wildman–Crippen LogP) is 4.17. The van der Waals surface area contributed by atoms with Crippen molar-refractivity contribution in [3.05, 3.63) is 39.5 Å². The third-order valence-corrected chi connectivity index (χ3v) is 4.41. The molecule has 1 aliphatic heterocycles. The highest BCUT2D eigenvalue weighted by Gasteiger charge is 2.25. The second-order valence-corrected chi connectivity index (χ2v) is 6.14. The van der Waals surface area contributed by atoms with Gasteiger partial charge in [0.05, 0.1) is 16.5 Å². The van der Waals surface area contributed by atoms with E-state index in [0.29, 0.717) is 28.2 Å². The highest BCUT2D eigenvalue weighted by molar-refractivity contribution is 6.31. The molecular weight excluding hydrogens is 318 g/mol. The molecule has 23 heavy (non-hydrogen) atoms. The zero-order valence-corrected chi connectivity index (χ0v) is 13.5. The van der Waals surface area contributed by atoms with E-state index in [0.717, 1.165) is 19.3 Å². The van der Waals surface area contributed by atoms with E-state index in [4.69, 9.17) is 16.3 Å². The fraction of sp³-hybridized carbons (Fsp3) is 0.438. The van der Waals surface area contributed by atoms with Gasteiger partial charge in [-0.1, -0.05) is 18.5 Å². The minimum atomic E-state index is -0.410. The van der Waals surface area contributed by atoms with Crippen molar-refractivity contribution < 1.29 is 9.66 Å². The van der Waals surface area contributed by atoms with Crippen molar-refractivity contribution in [2.45, 2.75) is 38.3 Å². The van der Waals surface area contributed by atoms with Crippen molar-refractivity contribution in [1.82, 2.24) is 4.98 Å². The van der Waals surface area contributed by atoms with Gasteiger partial charge in [0, 0.05) is 23.1 Å². The molecular formula is C16H18ClN3O3. The Balaban J connectivity index is 2.01. The van der Waals surface area contributed by atoms with E-state index in [1.165, 1.54) is 6.20 Å². The third-order valence-electron chi connectivity index (χ3n) is 4.18. The van der Waals surface area contributed by atoms with Crippen molar-refractivity contribution in [2.24, 2.45) is 0 Å². The van der Waals surface area contributed by atoms with Gasteiger partial charge in [-0.2, -0.15) is 0 Å². The molecule has 0 spiro atoms. The number of aromatic nitrogens is 1. The molecule has 2 atom stereocenters. The number of fused-ring (bicyclic) bond motifs is 1. The Bertz CT molecular complexity index is 738. The molecule has 1 N–H and O–H groups in total. The Labute approximate surface area is 139 Å². The topological polar surface area (TPSA) is 77.3 Å². The molecule has 6 nitrogen and oxygen atoms in total. The van der Waals surface area contributed by atoms with Crippen LogP contribution in [0.25, 0.3) is 10.9 Å². The second-order valence-electron chi connectivity index (χ2n) is 5.70. The van der Waals surface area contributed by atoms with Crippen LogP contribution in [0.3, 0.4) is 0 Å². The summed E-state index contributed by atoms with van der Waals surface area (Å²) in [6, 6.07) is 5.35. The Hall–Kier alpha value is -1.92. The van der Waals surface area contributed by atoms with Crippen LogP contribution in [-0.2, 0) is 4.74 Å². The van der Waals surface area contributed by atoms with Crippen LogP contribution >= 0.6 is 11.6 Å². The van der Waals surface area contributed by atoms with Crippen LogP contribution in [0.2, 0.25) is 5.02 Å². The summed E-state index contributed by atoms with van der Waals surface area (Å²) in [6.45, 7) is 2.74. The van der Waals surface area contributed by atoms with Crippen LogP contribution in [0.5, 0.6) is 0 Å². The van der Waals surface area contributed by atoms with Crippen LogP contribution in [0.1, 0.15) is 26.2 Å². The molecule has 1 fully saturated rings. The van der Waals surface area contributed by atoms with E-state index < -0.39 is 4.92 Å². The van der Waals surface area contributed by atoms with Gasteiger partial charge in [-0.3, -0.25) is 10.1 Å². The normalized spacial score (nSPS) is 21.3. The number of rotatable bonds is 4. The fourth-order valence-electron chi connectivity index (χ4n) is 2.94. The predicted molar refractivity (Wildman–Crippen MR) is 90.1 cm³/mol. The summed E-state index contributed by atoms with van der Waals surface area (Å²) in [6.07, 6.45) is 4.08. The van der Waals surface area contributed by atoms with Gasteiger partial charge in [0.25, 0.3) is 0 Å². The first-order chi connectivity index (χ1) is 11.1. The molecule has 2 aromatic rings. The first kappa shape index (κ1) is 16.0. The molecule has 7 heteroatoms. The summed E-state index contributed by atoms with van der Waals surface area (Å²) in [5.41, 5.74) is 1.14. The second kappa shape index (κ2) is 6.68. The van der Waals surface area contributed by atoms with E-state index in [-0.39, 0.29) is 17.8 Å². The maximum absolute atomic E-state index is 11.4. The molecule has 1 aromatic heterocycles. The quantitative estimate of drug-likeness (QED) is 0.670. The number of nitrogens with one attached hydrogen (secondary N) is 1. The van der Waals surface area contributed by atoms with Gasteiger partial charge in [0.2, 0.25) is 0 Å². The largest absolute Gasteiger partial charge is 0.378 e.